The summed E-state index contributed by atoms with van der Waals surface area (Å²) in [4.78, 5) is 37.0. The molecule has 2 amide bonds. The summed E-state index contributed by atoms with van der Waals surface area (Å²) < 4.78 is 12.9. The number of carboxylic acid groups (broad SMARTS) is 1. The lowest BCUT2D eigenvalue weighted by Crippen LogP contribution is -2.69. The summed E-state index contributed by atoms with van der Waals surface area (Å²) in [6.45, 7) is 1.42. The molecule has 6 nitrogen and oxygen atoms in total. The first-order valence-corrected chi connectivity index (χ1v) is 9.81. The van der Waals surface area contributed by atoms with Crippen molar-refractivity contribution in [2.75, 3.05) is 0 Å². The third-order valence-electron chi connectivity index (χ3n) is 3.89. The predicted octanol–water partition coefficient (Wildman–Crippen LogP) is 3.42. The van der Waals surface area contributed by atoms with Crippen LogP contribution in [0, 0.1) is 0 Å². The molecule has 0 spiro atoms. The number of carboxylic acids is 1. The van der Waals surface area contributed by atoms with E-state index < -0.39 is 39.6 Å². The van der Waals surface area contributed by atoms with E-state index in [-0.39, 0.29) is 24.8 Å². The molecule has 148 valence electrons. The van der Waals surface area contributed by atoms with Crippen molar-refractivity contribution in [1.29, 1.82) is 0 Å². The molecule has 0 aliphatic carbocycles. The highest BCUT2D eigenvalue weighted by atomic mass is 35.6. The zero-order valence-corrected chi connectivity index (χ0v) is 17.1. The maximum Gasteiger partial charge on any atom is 0.352 e. The molecule has 2 atom stereocenters. The highest BCUT2D eigenvalue weighted by molar-refractivity contribution is 7.10. The average molecular weight is 458 g/mol. The summed E-state index contributed by atoms with van der Waals surface area (Å²) in [5, 5.41) is 13.5. The number of halogens is 4. The molecule has 11 heteroatoms. The fourth-order valence-electron chi connectivity index (χ4n) is 2.55. The van der Waals surface area contributed by atoms with Crippen LogP contribution in [0.3, 0.4) is 0 Å². The van der Waals surface area contributed by atoms with E-state index >= 15 is 0 Å². The lowest BCUT2D eigenvalue weighted by molar-refractivity contribution is -0.163. The molecule has 2 heterocycles. The van der Waals surface area contributed by atoms with Gasteiger partial charge in [-0.05, 0) is 36.8 Å². The van der Waals surface area contributed by atoms with Crippen LogP contribution in [0.25, 0.3) is 0 Å². The molecule has 1 aliphatic rings. The van der Waals surface area contributed by atoms with Gasteiger partial charge in [0.05, 0.1) is 6.42 Å². The second-order valence-corrected chi connectivity index (χ2v) is 9.48. The Hall–Kier alpha value is -1.35. The SMILES string of the molecule is CC(CCC(Cl)(Cl)Cl)=C(C(=O)O)N1C(=O)C(NC(=O)Cc2cccs2)C1F. The molecular weight excluding hydrogens is 442 g/mol. The predicted molar refractivity (Wildman–Crippen MR) is 102 cm³/mol. The van der Waals surface area contributed by atoms with E-state index in [1.807, 2.05) is 0 Å². The minimum absolute atomic E-state index is 0.000239. The van der Waals surface area contributed by atoms with Gasteiger partial charge in [0.15, 0.2) is 9.83 Å². The van der Waals surface area contributed by atoms with Crippen molar-refractivity contribution >= 4 is 63.9 Å². The summed E-state index contributed by atoms with van der Waals surface area (Å²) in [6, 6.07) is 2.09. The molecule has 1 saturated heterocycles. The van der Waals surface area contributed by atoms with E-state index in [2.05, 4.69) is 5.32 Å². The quantitative estimate of drug-likeness (QED) is 0.284. The summed E-state index contributed by atoms with van der Waals surface area (Å²) in [5.41, 5.74) is -0.321. The lowest BCUT2D eigenvalue weighted by Gasteiger charge is -2.42. The molecule has 0 aromatic carbocycles. The first-order chi connectivity index (χ1) is 12.5. The van der Waals surface area contributed by atoms with Crippen molar-refractivity contribution in [3.05, 3.63) is 33.7 Å². The van der Waals surface area contributed by atoms with E-state index in [1.54, 1.807) is 17.5 Å². The highest BCUT2D eigenvalue weighted by Crippen LogP contribution is 2.35. The number of alkyl halides is 4. The molecule has 2 unspecified atom stereocenters. The Morgan fingerprint density at radius 3 is 2.56 bits per heavy atom. The molecule has 2 N–H and O–H groups in total. The van der Waals surface area contributed by atoms with Crippen LogP contribution in [0.1, 0.15) is 24.6 Å². The van der Waals surface area contributed by atoms with Crippen molar-refractivity contribution < 1.29 is 23.9 Å². The van der Waals surface area contributed by atoms with Gasteiger partial charge in [0.1, 0.15) is 5.70 Å². The molecule has 1 aliphatic heterocycles. The Bertz CT molecular complexity index is 764. The van der Waals surface area contributed by atoms with Gasteiger partial charge in [0.2, 0.25) is 12.2 Å². The molecule has 2 rings (SSSR count). The number of aliphatic carboxylic acids is 1. The van der Waals surface area contributed by atoms with Gasteiger partial charge in [-0.2, -0.15) is 0 Å². The Balaban J connectivity index is 2.06. The minimum Gasteiger partial charge on any atom is -0.477 e. The number of nitrogens with zero attached hydrogens (tertiary/aromatic N) is 1. The number of allylic oxidation sites excluding steroid dienone is 1. The summed E-state index contributed by atoms with van der Waals surface area (Å²) in [5.74, 6) is -2.84. The first-order valence-electron chi connectivity index (χ1n) is 7.80. The second kappa shape index (κ2) is 8.77. The van der Waals surface area contributed by atoms with E-state index in [4.69, 9.17) is 34.8 Å². The Morgan fingerprint density at radius 1 is 1.41 bits per heavy atom. The van der Waals surface area contributed by atoms with Gasteiger partial charge < -0.3 is 10.4 Å². The Morgan fingerprint density at radius 2 is 2.07 bits per heavy atom. The van der Waals surface area contributed by atoms with Crippen LogP contribution in [0.2, 0.25) is 0 Å². The number of hydrogen-bond donors (Lipinski definition) is 2. The number of thiophene rings is 1. The van der Waals surface area contributed by atoms with Gasteiger partial charge in [-0.3, -0.25) is 14.5 Å². The van der Waals surface area contributed by atoms with Crippen molar-refractivity contribution in [2.24, 2.45) is 0 Å². The van der Waals surface area contributed by atoms with Crippen LogP contribution in [0.15, 0.2) is 28.8 Å². The number of carbonyl (C=O) groups is 3. The van der Waals surface area contributed by atoms with Gasteiger partial charge in [-0.25, -0.2) is 9.18 Å². The van der Waals surface area contributed by atoms with Gasteiger partial charge in [-0.1, -0.05) is 40.9 Å². The number of β-lactam (4-membered cyclic amide) rings is 1. The van der Waals surface area contributed by atoms with Gasteiger partial charge in [0, 0.05) is 4.88 Å². The Labute approximate surface area is 173 Å². The van der Waals surface area contributed by atoms with Crippen LogP contribution < -0.4 is 5.32 Å². The van der Waals surface area contributed by atoms with Crippen LogP contribution >= 0.6 is 46.1 Å². The fourth-order valence-corrected chi connectivity index (χ4v) is 3.54. The van der Waals surface area contributed by atoms with Crippen LogP contribution in [0.4, 0.5) is 4.39 Å². The molecule has 0 saturated carbocycles. The van der Waals surface area contributed by atoms with Crippen molar-refractivity contribution in [2.45, 2.75) is 42.3 Å². The summed E-state index contributed by atoms with van der Waals surface area (Å²) in [6.07, 6.45) is -1.93. The van der Waals surface area contributed by atoms with Crippen molar-refractivity contribution in [3.63, 3.8) is 0 Å². The average Bonchev–Trinajstić information content (AvgIpc) is 3.06. The van der Waals surface area contributed by atoms with E-state index in [1.165, 1.54) is 18.3 Å². The number of carbonyl (C=O) groups excluding carboxylic acids is 2. The van der Waals surface area contributed by atoms with E-state index in [0.29, 0.717) is 4.90 Å². The number of rotatable bonds is 7. The maximum atomic E-state index is 14.5. The third kappa shape index (κ3) is 5.57. The normalized spacial score (nSPS) is 20.8. The molecule has 1 fully saturated rings. The van der Waals surface area contributed by atoms with E-state index in [0.717, 1.165) is 4.88 Å². The zero-order valence-electron chi connectivity index (χ0n) is 14.0. The van der Waals surface area contributed by atoms with Crippen molar-refractivity contribution in [3.8, 4) is 0 Å². The van der Waals surface area contributed by atoms with Gasteiger partial charge >= 0.3 is 5.97 Å². The third-order valence-corrected chi connectivity index (χ3v) is 5.33. The van der Waals surface area contributed by atoms with Crippen LogP contribution in [-0.4, -0.2) is 43.9 Å². The fraction of sp³-hybridized carbons (Fsp3) is 0.438. The molecule has 0 bridgehead atoms. The van der Waals surface area contributed by atoms with Crippen LogP contribution in [-0.2, 0) is 20.8 Å². The van der Waals surface area contributed by atoms with Gasteiger partial charge in [-0.15, -0.1) is 11.3 Å². The number of amides is 2. The molecule has 27 heavy (non-hydrogen) atoms. The first kappa shape index (κ1) is 21.9. The number of nitrogens with one attached hydrogen (secondary N) is 1. The second-order valence-electron chi connectivity index (χ2n) is 5.93. The smallest absolute Gasteiger partial charge is 0.352 e. The molecule has 1 aromatic rings. The monoisotopic (exact) mass is 456 g/mol. The van der Waals surface area contributed by atoms with Crippen LogP contribution in [0.5, 0.6) is 0 Å². The maximum absolute atomic E-state index is 14.5. The van der Waals surface area contributed by atoms with E-state index in [9.17, 15) is 23.9 Å². The summed E-state index contributed by atoms with van der Waals surface area (Å²) in [7, 11) is 0. The summed E-state index contributed by atoms with van der Waals surface area (Å²) >= 11 is 18.3. The Kier molecular flexibility index (Phi) is 7.13. The topological polar surface area (TPSA) is 86.7 Å². The standard InChI is InChI=1S/C16H16Cl3FN2O4S/c1-8(4-5-16(17,18)19)12(15(25)26)22-13(20)11(14(22)24)21-10(23)7-9-3-2-6-27-9/h2-3,6,11,13H,4-5,7H2,1H3,(H,21,23)(H,25,26). The van der Waals surface area contributed by atoms with Gasteiger partial charge in [0.25, 0.3) is 5.91 Å². The molecule has 0 radical (unpaired) electrons. The molecule has 1 aromatic heterocycles. The highest BCUT2D eigenvalue weighted by Gasteiger charge is 2.52. The lowest BCUT2D eigenvalue weighted by atomic mass is 10.0. The molecular formula is C16H16Cl3FN2O4S. The minimum atomic E-state index is -1.99. The number of likely N-dealkylation sites (tertiary alicyclic amines) is 1. The van der Waals surface area contributed by atoms with Crippen molar-refractivity contribution in [1.82, 2.24) is 10.2 Å². The zero-order chi connectivity index (χ0) is 20.4. The number of hydrogen-bond acceptors (Lipinski definition) is 4. The largest absolute Gasteiger partial charge is 0.477 e.